The first kappa shape index (κ1) is 50.2. The molecule has 0 heterocycles. The maximum Gasteiger partial charge on any atom is 0.104 e. The van der Waals surface area contributed by atoms with E-state index in [9.17, 15) is 29.7 Å². The summed E-state index contributed by atoms with van der Waals surface area (Å²) in [5, 5.41) is 31.3. The third-order valence-electron chi connectivity index (χ3n) is 11.8. The summed E-state index contributed by atoms with van der Waals surface area (Å²) < 4.78 is 3.60. The Hall–Kier alpha value is -4.83. The van der Waals surface area contributed by atoms with E-state index in [1.54, 1.807) is 0 Å². The molecule has 312 valence electrons. The summed E-state index contributed by atoms with van der Waals surface area (Å²) in [6, 6.07) is 34.8. The zero-order chi connectivity index (χ0) is 42.9. The van der Waals surface area contributed by atoms with Gasteiger partial charge >= 0.3 is 0 Å². The number of carbonyl (C=O) groups excluding carboxylic acids is 3. The maximum absolute atomic E-state index is 10.5. The van der Waals surface area contributed by atoms with E-state index in [4.69, 9.17) is 0 Å². The second kappa shape index (κ2) is 26.2. The molecule has 0 amide bonds. The van der Waals surface area contributed by atoms with Gasteiger partial charge in [0, 0.05) is 27.8 Å². The molecule has 57 heavy (non-hydrogen) atoms. The highest BCUT2D eigenvalue weighted by molar-refractivity contribution is 6.02. The van der Waals surface area contributed by atoms with Crippen molar-refractivity contribution in [2.24, 2.45) is 0 Å². The van der Waals surface area contributed by atoms with Crippen molar-refractivity contribution in [3.8, 4) is 0 Å². The Morgan fingerprint density at radius 1 is 0.368 bits per heavy atom. The van der Waals surface area contributed by atoms with E-state index in [1.807, 2.05) is 0 Å². The molecule has 0 fully saturated rings. The van der Waals surface area contributed by atoms with Gasteiger partial charge < -0.3 is 43.2 Å². The fourth-order valence-electron chi connectivity index (χ4n) is 6.95. The van der Waals surface area contributed by atoms with Crippen LogP contribution in [0.5, 0.6) is 0 Å². The summed E-state index contributed by atoms with van der Waals surface area (Å²) in [4.78, 5) is 31.3. The second-order valence-corrected chi connectivity index (χ2v) is 14.4. The molecule has 4 rings (SSSR count). The molecular formula is C48H69N3O6. The number of carboxylic acids is 3. The third-order valence-corrected chi connectivity index (χ3v) is 11.8. The van der Waals surface area contributed by atoms with Crippen LogP contribution >= 0.6 is 0 Å². The Balaban J connectivity index is 0.000000380. The summed E-state index contributed by atoms with van der Waals surface area (Å²) in [6.07, 6.45) is 0. The summed E-state index contributed by atoms with van der Waals surface area (Å²) in [5.74, 6) is -5.13. The van der Waals surface area contributed by atoms with Gasteiger partial charge in [0.25, 0.3) is 0 Å². The van der Waals surface area contributed by atoms with Crippen LogP contribution in [0.25, 0.3) is 0 Å². The molecule has 9 nitrogen and oxygen atoms in total. The van der Waals surface area contributed by atoms with E-state index in [1.165, 1.54) is 109 Å². The van der Waals surface area contributed by atoms with Gasteiger partial charge in [-0.2, -0.15) is 0 Å². The van der Waals surface area contributed by atoms with E-state index in [0.29, 0.717) is 6.07 Å². The monoisotopic (exact) mass is 784 g/mol. The van der Waals surface area contributed by atoms with Crippen molar-refractivity contribution in [1.82, 2.24) is 0 Å². The van der Waals surface area contributed by atoms with Crippen LogP contribution in [0, 0.1) is 0 Å². The molecule has 0 N–H and O–H groups in total. The van der Waals surface area contributed by atoms with Gasteiger partial charge in [-0.3, -0.25) is 0 Å². The summed E-state index contributed by atoms with van der Waals surface area (Å²) >= 11 is 0. The third kappa shape index (κ3) is 16.7. The lowest BCUT2D eigenvalue weighted by Crippen LogP contribution is -2.46. The Kier molecular flexibility index (Phi) is 23.0. The summed E-state index contributed by atoms with van der Waals surface area (Å²) in [7, 11) is 0. The molecule has 0 saturated carbocycles. The van der Waals surface area contributed by atoms with Crippen molar-refractivity contribution in [3.05, 3.63) is 143 Å². The number of hydrogen-bond acceptors (Lipinski definition) is 6. The van der Waals surface area contributed by atoms with Crippen molar-refractivity contribution >= 4 is 17.9 Å². The highest BCUT2D eigenvalue weighted by atomic mass is 16.4. The SMILES string of the molecule is CC[N+](CC)(CC)Cc1ccccc1.CC[N+](CC)(CC)Cc1ccccc1.CC[N+](CC)(CC)Cc1ccccc1.O=C([O-])c1ccc(C(=O)[O-])c(C(=O)[O-])c1. The van der Waals surface area contributed by atoms with Crippen LogP contribution in [0.2, 0.25) is 0 Å². The number of rotatable bonds is 18. The minimum absolute atomic E-state index is 0.445. The number of benzene rings is 4. The molecule has 0 aromatic heterocycles. The molecule has 0 aliphatic rings. The van der Waals surface area contributed by atoms with Crippen molar-refractivity contribution in [2.45, 2.75) is 81.9 Å². The lowest BCUT2D eigenvalue weighted by atomic mass is 10.0. The van der Waals surface area contributed by atoms with Gasteiger partial charge in [-0.25, -0.2) is 0 Å². The molecule has 0 atom stereocenters. The highest BCUT2D eigenvalue weighted by Crippen LogP contribution is 2.16. The molecule has 4 aromatic carbocycles. The molecule has 4 aromatic rings. The Labute approximate surface area is 343 Å². The molecule has 0 radical (unpaired) electrons. The van der Waals surface area contributed by atoms with Crippen LogP contribution in [-0.4, -0.2) is 90.3 Å². The number of hydrogen-bond donors (Lipinski definition) is 0. The number of carboxylic acid groups (broad SMARTS) is 3. The van der Waals surface area contributed by atoms with Crippen molar-refractivity contribution < 1.29 is 43.2 Å². The Morgan fingerprint density at radius 3 is 0.842 bits per heavy atom. The maximum atomic E-state index is 10.5. The van der Waals surface area contributed by atoms with E-state index in [-0.39, 0.29) is 0 Å². The lowest BCUT2D eigenvalue weighted by Gasteiger charge is -2.35. The van der Waals surface area contributed by atoms with Crippen LogP contribution in [0.3, 0.4) is 0 Å². The van der Waals surface area contributed by atoms with Gasteiger partial charge in [0.15, 0.2) is 0 Å². The lowest BCUT2D eigenvalue weighted by molar-refractivity contribution is -0.936. The van der Waals surface area contributed by atoms with Crippen LogP contribution in [0.1, 0.15) is 110 Å². The fourth-order valence-corrected chi connectivity index (χ4v) is 6.95. The van der Waals surface area contributed by atoms with Crippen LogP contribution in [0.4, 0.5) is 0 Å². The van der Waals surface area contributed by atoms with Gasteiger partial charge in [-0.05, 0) is 73.9 Å². The van der Waals surface area contributed by atoms with Crippen LogP contribution in [-0.2, 0) is 19.6 Å². The molecule has 0 saturated heterocycles. The van der Waals surface area contributed by atoms with E-state index < -0.39 is 34.6 Å². The van der Waals surface area contributed by atoms with Crippen LogP contribution in [0.15, 0.2) is 109 Å². The molecule has 0 aliphatic heterocycles. The van der Waals surface area contributed by atoms with E-state index >= 15 is 0 Å². The quantitative estimate of drug-likeness (QED) is 0.115. The van der Waals surface area contributed by atoms with Crippen LogP contribution < -0.4 is 15.3 Å². The van der Waals surface area contributed by atoms with Gasteiger partial charge in [0.2, 0.25) is 0 Å². The number of aromatic carboxylic acids is 3. The van der Waals surface area contributed by atoms with Gasteiger partial charge in [0.1, 0.15) is 19.6 Å². The average molecular weight is 784 g/mol. The van der Waals surface area contributed by atoms with Gasteiger partial charge in [-0.15, -0.1) is 0 Å². The standard InChI is InChI=1S/3C13H22N.C9H6O6/c3*1-4-14(5-2,6-3)12-13-10-8-7-9-11-13;10-7(11)4-1-2-5(8(12)13)6(3-4)9(14)15/h3*7-11H,4-6,12H2,1-3H3;1-3H,(H,10,11)(H,12,13)(H,14,15)/q3*+1;/p-3. The zero-order valence-corrected chi connectivity index (χ0v) is 36.2. The summed E-state index contributed by atoms with van der Waals surface area (Å²) in [5.41, 5.74) is 2.53. The molecule has 0 bridgehead atoms. The second-order valence-electron chi connectivity index (χ2n) is 14.4. The average Bonchev–Trinajstić information content (AvgIpc) is 3.25. The minimum Gasteiger partial charge on any atom is -0.545 e. The summed E-state index contributed by atoms with van der Waals surface area (Å²) in [6.45, 7) is 35.1. The topological polar surface area (TPSA) is 120 Å². The van der Waals surface area contributed by atoms with Gasteiger partial charge in [-0.1, -0.05) is 103 Å². The zero-order valence-electron chi connectivity index (χ0n) is 36.2. The first-order valence-corrected chi connectivity index (χ1v) is 20.7. The largest absolute Gasteiger partial charge is 0.545 e. The normalized spacial score (nSPS) is 11.1. The van der Waals surface area contributed by atoms with Gasteiger partial charge in [0.05, 0.1) is 76.8 Å². The smallest absolute Gasteiger partial charge is 0.104 e. The minimum atomic E-state index is -1.79. The molecular weight excluding hydrogens is 715 g/mol. The first-order valence-electron chi connectivity index (χ1n) is 20.7. The fraction of sp³-hybridized carbons (Fsp3) is 0.438. The highest BCUT2D eigenvalue weighted by Gasteiger charge is 2.22. The van der Waals surface area contributed by atoms with E-state index in [2.05, 4.69) is 153 Å². The van der Waals surface area contributed by atoms with Crippen molar-refractivity contribution in [2.75, 3.05) is 58.9 Å². The Morgan fingerprint density at radius 2 is 0.632 bits per heavy atom. The molecule has 0 spiro atoms. The van der Waals surface area contributed by atoms with Crippen molar-refractivity contribution in [3.63, 3.8) is 0 Å². The molecule has 9 heteroatoms. The number of carbonyl (C=O) groups is 3. The number of nitrogens with zero attached hydrogens (tertiary/aromatic N) is 3. The van der Waals surface area contributed by atoms with Crippen molar-refractivity contribution in [1.29, 1.82) is 0 Å². The molecule has 0 aliphatic carbocycles. The number of quaternary nitrogens is 3. The first-order chi connectivity index (χ1) is 27.2. The molecule has 0 unspecified atom stereocenters. The predicted octanol–water partition coefficient (Wildman–Crippen LogP) is 5.97. The predicted molar refractivity (Wildman–Crippen MR) is 226 cm³/mol. The Bertz CT molecular complexity index is 1560. The van der Waals surface area contributed by atoms with E-state index in [0.717, 1.165) is 12.1 Å².